The number of thiazole rings is 2. The van der Waals surface area contributed by atoms with Crippen molar-refractivity contribution in [2.24, 2.45) is 5.41 Å². The minimum Gasteiger partial charge on any atom is -0.426 e. The van der Waals surface area contributed by atoms with Crippen molar-refractivity contribution >= 4 is 45.3 Å². The maximum absolute atomic E-state index is 13.2. The number of carbonyl (C=O) groups is 2. The smallest absolute Gasteiger partial charge is 0.305 e. The molecule has 0 aliphatic carbocycles. The number of aliphatic hydroxyl groups excluding tert-OH is 1. The first-order chi connectivity index (χ1) is 22.5. The summed E-state index contributed by atoms with van der Waals surface area (Å²) in [5, 5.41) is 17.2. The molecule has 2 aromatic heterocycles. The number of fused-ring (bicyclic) bond motifs is 1. The fraction of sp³-hybridized carbons (Fsp3) is 0.647. The van der Waals surface area contributed by atoms with E-state index in [4.69, 9.17) is 9.47 Å². The number of aliphatic hydroxyl groups is 1. The van der Waals surface area contributed by atoms with Crippen molar-refractivity contribution in [3.05, 3.63) is 43.4 Å². The molecule has 1 atom stereocenters. The number of aromatic amines is 1. The Hall–Kier alpha value is -2.68. The number of unbranched alkanes of at least 4 members (excludes halogenated alkanes) is 2. The standard InChI is InChI=1S/C34H49N5O6S2/c1-23(2)30-36-25(19-46-30)31(42)39-16-17-45-34(21-39)11-14-38(15-12-34)13-7-5-6-10-33(3,4)20-35-18-26(41)24-8-9-27(44-22-40)28-29(24)47-32(43)37-28/h8-9,19,22-23,26,35,41H,5-7,10-18,20-21H2,1-4H3,(H,37,43). The molecule has 11 nitrogen and oxygen atoms in total. The second-order valence-corrected chi connectivity index (χ2v) is 15.9. The van der Waals surface area contributed by atoms with Gasteiger partial charge in [-0.15, -0.1) is 11.3 Å². The molecule has 4 heterocycles. The van der Waals surface area contributed by atoms with Crippen molar-refractivity contribution in [3.8, 4) is 5.75 Å². The second-order valence-electron chi connectivity index (χ2n) is 14.0. The number of likely N-dealkylation sites (tertiary alicyclic amines) is 1. The van der Waals surface area contributed by atoms with E-state index in [1.165, 1.54) is 0 Å². The van der Waals surface area contributed by atoms with Crippen LogP contribution in [0.2, 0.25) is 0 Å². The van der Waals surface area contributed by atoms with E-state index >= 15 is 0 Å². The maximum Gasteiger partial charge on any atom is 0.305 e. The number of hydrogen-bond acceptors (Lipinski definition) is 11. The quantitative estimate of drug-likeness (QED) is 0.150. The number of nitrogens with zero attached hydrogens (tertiary/aromatic N) is 3. The molecular weight excluding hydrogens is 639 g/mol. The Kier molecular flexibility index (Phi) is 11.9. The van der Waals surface area contributed by atoms with Gasteiger partial charge in [0.15, 0.2) is 5.75 Å². The van der Waals surface area contributed by atoms with E-state index in [-0.39, 0.29) is 27.5 Å². The van der Waals surface area contributed by atoms with Crippen molar-refractivity contribution in [1.29, 1.82) is 0 Å². The number of rotatable bonds is 15. The number of amides is 1. The van der Waals surface area contributed by atoms with Gasteiger partial charge in [0.25, 0.3) is 12.4 Å². The van der Waals surface area contributed by atoms with Crippen LogP contribution in [-0.4, -0.2) is 95.3 Å². The second kappa shape index (κ2) is 15.7. The number of benzene rings is 1. The molecule has 3 N–H and O–H groups in total. The molecule has 2 saturated heterocycles. The molecule has 2 fully saturated rings. The molecule has 3 aromatic rings. The Labute approximate surface area is 284 Å². The summed E-state index contributed by atoms with van der Waals surface area (Å²) < 4.78 is 11.9. The summed E-state index contributed by atoms with van der Waals surface area (Å²) >= 11 is 2.57. The van der Waals surface area contributed by atoms with Gasteiger partial charge < -0.3 is 34.7 Å². The third kappa shape index (κ3) is 9.07. The molecular formula is C34H49N5O6S2. The van der Waals surface area contributed by atoms with E-state index in [1.54, 1.807) is 23.5 Å². The number of ether oxygens (including phenoxy) is 2. The van der Waals surface area contributed by atoms with Gasteiger partial charge in [-0.05, 0) is 43.7 Å². The molecule has 5 rings (SSSR count). The average molecular weight is 688 g/mol. The van der Waals surface area contributed by atoms with Crippen LogP contribution < -0.4 is 14.9 Å². The first-order valence-corrected chi connectivity index (χ1v) is 18.4. The number of morpholine rings is 1. The highest BCUT2D eigenvalue weighted by atomic mass is 32.1. The highest BCUT2D eigenvalue weighted by Gasteiger charge is 2.41. The van der Waals surface area contributed by atoms with E-state index in [9.17, 15) is 19.5 Å². The van der Waals surface area contributed by atoms with Gasteiger partial charge in [0.1, 0.15) is 11.2 Å². The zero-order chi connectivity index (χ0) is 33.6. The van der Waals surface area contributed by atoms with Gasteiger partial charge in [0.05, 0.1) is 34.6 Å². The molecule has 1 amide bonds. The number of aromatic nitrogens is 2. The van der Waals surface area contributed by atoms with E-state index in [0.29, 0.717) is 60.1 Å². The van der Waals surface area contributed by atoms with Gasteiger partial charge in [-0.2, -0.15) is 0 Å². The van der Waals surface area contributed by atoms with Crippen LogP contribution in [0.5, 0.6) is 5.75 Å². The Morgan fingerprint density at radius 2 is 2.02 bits per heavy atom. The predicted molar refractivity (Wildman–Crippen MR) is 186 cm³/mol. The van der Waals surface area contributed by atoms with Crippen LogP contribution in [0.3, 0.4) is 0 Å². The molecule has 258 valence electrons. The van der Waals surface area contributed by atoms with Crippen LogP contribution in [0.4, 0.5) is 0 Å². The molecule has 13 heteroatoms. The van der Waals surface area contributed by atoms with E-state index in [2.05, 4.69) is 47.9 Å². The van der Waals surface area contributed by atoms with Gasteiger partial charge in [-0.1, -0.05) is 57.9 Å². The molecule has 0 saturated carbocycles. The highest BCUT2D eigenvalue weighted by Crippen LogP contribution is 2.33. The minimum atomic E-state index is -0.799. The third-order valence-electron chi connectivity index (χ3n) is 9.41. The number of hydrogen-bond donors (Lipinski definition) is 3. The molecule has 0 bridgehead atoms. The van der Waals surface area contributed by atoms with Gasteiger partial charge >= 0.3 is 4.87 Å². The lowest BCUT2D eigenvalue weighted by Gasteiger charge is -2.47. The van der Waals surface area contributed by atoms with Crippen LogP contribution in [0, 0.1) is 5.41 Å². The van der Waals surface area contributed by atoms with Crippen LogP contribution in [0.1, 0.15) is 99.3 Å². The Morgan fingerprint density at radius 1 is 1.23 bits per heavy atom. The SMILES string of the molecule is CC(C)c1nc(C(=O)N2CCOC3(CCN(CCCCCC(C)(C)CNCC(O)c4ccc(OC=O)c5[nH]c(=O)sc45)CC3)C2)cs1. The van der Waals surface area contributed by atoms with Crippen LogP contribution in [-0.2, 0) is 9.53 Å². The van der Waals surface area contributed by atoms with E-state index < -0.39 is 6.10 Å². The maximum atomic E-state index is 13.2. The first-order valence-electron chi connectivity index (χ1n) is 16.7. The van der Waals surface area contributed by atoms with E-state index in [1.807, 2.05) is 10.3 Å². The summed E-state index contributed by atoms with van der Waals surface area (Å²) in [7, 11) is 0. The summed E-state index contributed by atoms with van der Waals surface area (Å²) in [6.07, 6.45) is 5.63. The van der Waals surface area contributed by atoms with Crippen molar-refractivity contribution in [1.82, 2.24) is 25.1 Å². The van der Waals surface area contributed by atoms with Crippen LogP contribution in [0.25, 0.3) is 10.2 Å². The topological polar surface area (TPSA) is 137 Å². The normalized spacial score (nSPS) is 17.9. The molecule has 47 heavy (non-hydrogen) atoms. The Bertz CT molecular complexity index is 1560. The summed E-state index contributed by atoms with van der Waals surface area (Å²) in [5.41, 5.74) is 1.46. The fourth-order valence-electron chi connectivity index (χ4n) is 6.62. The molecule has 1 spiro atoms. The van der Waals surface area contributed by atoms with E-state index in [0.717, 1.165) is 81.0 Å². The summed E-state index contributed by atoms with van der Waals surface area (Å²) in [6.45, 7) is 15.1. The minimum absolute atomic E-state index is 0.0299. The monoisotopic (exact) mass is 687 g/mol. The molecule has 1 aromatic carbocycles. The molecule has 0 radical (unpaired) electrons. The van der Waals surface area contributed by atoms with Crippen LogP contribution in [0.15, 0.2) is 22.3 Å². The van der Waals surface area contributed by atoms with Crippen LogP contribution >= 0.6 is 22.7 Å². The average Bonchev–Trinajstić information content (AvgIpc) is 3.69. The molecule has 2 aliphatic rings. The number of piperidine rings is 1. The Balaban J connectivity index is 0.984. The van der Waals surface area contributed by atoms with Gasteiger partial charge in [-0.3, -0.25) is 14.4 Å². The fourth-order valence-corrected chi connectivity index (χ4v) is 8.34. The van der Waals surface area contributed by atoms with Crippen molar-refractivity contribution < 1.29 is 24.2 Å². The summed E-state index contributed by atoms with van der Waals surface area (Å²) in [5.74, 6) is 0.628. The number of nitrogens with one attached hydrogen (secondary N) is 2. The molecule has 1 unspecified atom stereocenters. The third-order valence-corrected chi connectivity index (χ3v) is 11.5. The highest BCUT2D eigenvalue weighted by molar-refractivity contribution is 7.16. The predicted octanol–water partition coefficient (Wildman–Crippen LogP) is 4.92. The summed E-state index contributed by atoms with van der Waals surface area (Å²) in [6, 6.07) is 3.30. The van der Waals surface area contributed by atoms with Crippen molar-refractivity contribution in [2.75, 3.05) is 52.4 Å². The lowest BCUT2D eigenvalue weighted by atomic mass is 9.86. The lowest BCUT2D eigenvalue weighted by molar-refractivity contribution is -0.127. The van der Waals surface area contributed by atoms with Crippen molar-refractivity contribution in [2.45, 2.75) is 83.8 Å². The molecule has 2 aliphatic heterocycles. The van der Waals surface area contributed by atoms with Crippen molar-refractivity contribution in [3.63, 3.8) is 0 Å². The van der Waals surface area contributed by atoms with Gasteiger partial charge in [-0.25, -0.2) is 4.98 Å². The lowest BCUT2D eigenvalue weighted by Crippen LogP contribution is -2.58. The summed E-state index contributed by atoms with van der Waals surface area (Å²) in [4.78, 5) is 47.4. The van der Waals surface area contributed by atoms with Gasteiger partial charge in [0.2, 0.25) is 0 Å². The number of H-pyrrole nitrogens is 1. The zero-order valence-electron chi connectivity index (χ0n) is 28.0. The van der Waals surface area contributed by atoms with Gasteiger partial charge in [0, 0.05) is 49.6 Å². The Morgan fingerprint density at radius 3 is 2.74 bits per heavy atom. The number of carbonyl (C=O) groups excluding carboxylic acids is 2. The largest absolute Gasteiger partial charge is 0.426 e. The first kappa shape index (κ1) is 35.6. The zero-order valence-corrected chi connectivity index (χ0v) is 29.6.